The zero-order chi connectivity index (χ0) is 22.4. The van der Waals surface area contributed by atoms with E-state index in [9.17, 15) is 14.9 Å². The highest BCUT2D eigenvalue weighted by Crippen LogP contribution is 2.35. The molecule has 0 aliphatic rings. The van der Waals surface area contributed by atoms with Crippen molar-refractivity contribution in [1.82, 2.24) is 15.4 Å². The van der Waals surface area contributed by atoms with Crippen molar-refractivity contribution >= 4 is 44.8 Å². The van der Waals surface area contributed by atoms with Crippen molar-refractivity contribution in [3.63, 3.8) is 0 Å². The zero-order valence-electron chi connectivity index (χ0n) is 16.4. The van der Waals surface area contributed by atoms with E-state index in [1.54, 1.807) is 42.5 Å². The van der Waals surface area contributed by atoms with Crippen molar-refractivity contribution in [3.05, 3.63) is 68.9 Å². The van der Waals surface area contributed by atoms with E-state index in [0.29, 0.717) is 22.7 Å². The highest BCUT2D eigenvalue weighted by atomic mass is 79.9. The molecule has 1 amide bonds. The van der Waals surface area contributed by atoms with E-state index < -0.39 is 16.5 Å². The molecule has 1 aromatic heterocycles. The number of aromatic nitrogens is 2. The summed E-state index contributed by atoms with van der Waals surface area (Å²) in [6, 6.07) is 11.5. The molecular formula is C19H17BrN6O5. The molecule has 3 N–H and O–H groups in total. The summed E-state index contributed by atoms with van der Waals surface area (Å²) >= 11 is 3.29. The fourth-order valence-corrected chi connectivity index (χ4v) is 2.83. The lowest BCUT2D eigenvalue weighted by atomic mass is 10.2. The van der Waals surface area contributed by atoms with Crippen LogP contribution in [0.5, 0.6) is 11.5 Å². The van der Waals surface area contributed by atoms with Crippen LogP contribution < -0.4 is 25.6 Å². The fourth-order valence-electron chi connectivity index (χ4n) is 2.56. The lowest BCUT2D eigenvalue weighted by Gasteiger charge is -2.13. The molecule has 0 radical (unpaired) electrons. The maximum absolute atomic E-state index is 12.3. The molecule has 1 heterocycles. The minimum absolute atomic E-state index is 0.105. The van der Waals surface area contributed by atoms with Gasteiger partial charge in [-0.15, -0.1) is 0 Å². The van der Waals surface area contributed by atoms with Crippen LogP contribution >= 0.6 is 15.9 Å². The van der Waals surface area contributed by atoms with Crippen molar-refractivity contribution in [1.29, 1.82) is 0 Å². The average Bonchev–Trinajstić information content (AvgIpc) is 2.77. The number of carbonyl (C=O) groups is 1. The SMILES string of the molecule is COc1ccc(OC)c(Nc2ncnc(NNC(=O)c3ccc(Br)cc3)c2[N+](=O)[O-])c1. The molecule has 160 valence electrons. The van der Waals surface area contributed by atoms with Crippen molar-refractivity contribution in [2.24, 2.45) is 0 Å². The number of methoxy groups -OCH3 is 2. The maximum atomic E-state index is 12.3. The number of nitrogens with one attached hydrogen (secondary N) is 3. The van der Waals surface area contributed by atoms with Crippen molar-refractivity contribution in [2.45, 2.75) is 0 Å². The average molecular weight is 489 g/mol. The number of hydrogen-bond acceptors (Lipinski definition) is 9. The molecule has 0 aliphatic carbocycles. The Kier molecular flexibility index (Phi) is 6.82. The molecule has 0 atom stereocenters. The number of hydrazine groups is 1. The van der Waals surface area contributed by atoms with Crippen LogP contribution in [0.1, 0.15) is 10.4 Å². The molecule has 11 nitrogen and oxygen atoms in total. The molecular weight excluding hydrogens is 472 g/mol. The molecule has 31 heavy (non-hydrogen) atoms. The van der Waals surface area contributed by atoms with Gasteiger partial charge in [-0.3, -0.25) is 25.8 Å². The summed E-state index contributed by atoms with van der Waals surface area (Å²) in [5, 5.41) is 14.6. The quantitative estimate of drug-likeness (QED) is 0.319. The van der Waals surface area contributed by atoms with E-state index in [1.165, 1.54) is 14.2 Å². The van der Waals surface area contributed by atoms with Gasteiger partial charge in [0.15, 0.2) is 0 Å². The first kappa shape index (κ1) is 21.8. The van der Waals surface area contributed by atoms with Gasteiger partial charge in [0.1, 0.15) is 17.8 Å². The third-order valence-corrected chi connectivity index (χ3v) is 4.59. The predicted octanol–water partition coefficient (Wildman–Crippen LogP) is 3.67. The Hall–Kier alpha value is -3.93. The highest BCUT2D eigenvalue weighted by molar-refractivity contribution is 9.10. The van der Waals surface area contributed by atoms with Crippen LogP contribution in [-0.2, 0) is 0 Å². The van der Waals surface area contributed by atoms with E-state index >= 15 is 0 Å². The minimum Gasteiger partial charge on any atom is -0.497 e. The predicted molar refractivity (Wildman–Crippen MR) is 117 cm³/mol. The molecule has 3 rings (SSSR count). The summed E-state index contributed by atoms with van der Waals surface area (Å²) in [7, 11) is 2.96. The first-order chi connectivity index (χ1) is 14.9. The first-order valence-electron chi connectivity index (χ1n) is 8.73. The Morgan fingerprint density at radius 3 is 2.42 bits per heavy atom. The van der Waals surface area contributed by atoms with Gasteiger partial charge in [0.25, 0.3) is 5.91 Å². The summed E-state index contributed by atoms with van der Waals surface area (Å²) in [6.45, 7) is 0. The van der Waals surface area contributed by atoms with Crippen LogP contribution in [0.15, 0.2) is 53.3 Å². The molecule has 0 fully saturated rings. The van der Waals surface area contributed by atoms with Gasteiger partial charge in [0, 0.05) is 16.1 Å². The molecule has 0 saturated heterocycles. The van der Waals surface area contributed by atoms with E-state index in [2.05, 4.69) is 42.1 Å². The Balaban J connectivity index is 1.87. The fraction of sp³-hybridized carbons (Fsp3) is 0.105. The number of nitrogens with zero attached hydrogens (tertiary/aromatic N) is 3. The summed E-state index contributed by atoms with van der Waals surface area (Å²) in [5.74, 6) is 0.137. The minimum atomic E-state index is -0.664. The van der Waals surface area contributed by atoms with E-state index in [-0.39, 0.29) is 11.6 Å². The number of halogens is 1. The molecule has 0 saturated carbocycles. The standard InChI is InChI=1S/C19H17BrN6O5/c1-30-13-7-8-15(31-2)14(9-13)23-17-16(26(28)29)18(22-10-21-17)24-25-19(27)11-3-5-12(20)6-4-11/h3-10H,1-2H3,(H,25,27)(H2,21,22,23,24). The van der Waals surface area contributed by atoms with Crippen LogP contribution in [0.3, 0.4) is 0 Å². The van der Waals surface area contributed by atoms with Gasteiger partial charge in [-0.25, -0.2) is 9.97 Å². The maximum Gasteiger partial charge on any atom is 0.355 e. The number of carbonyl (C=O) groups excluding carboxylic acids is 1. The lowest BCUT2D eigenvalue weighted by Crippen LogP contribution is -2.30. The van der Waals surface area contributed by atoms with Crippen LogP contribution in [0.4, 0.5) is 23.0 Å². The molecule has 0 bridgehead atoms. The summed E-state index contributed by atoms with van der Waals surface area (Å²) in [6.07, 6.45) is 1.12. The number of ether oxygens (including phenoxy) is 2. The first-order valence-corrected chi connectivity index (χ1v) is 9.52. The van der Waals surface area contributed by atoms with Gasteiger partial charge in [-0.05, 0) is 36.4 Å². The second-order valence-corrected chi connectivity index (χ2v) is 6.87. The number of anilines is 3. The van der Waals surface area contributed by atoms with Crippen molar-refractivity contribution < 1.29 is 19.2 Å². The molecule has 0 unspecified atom stereocenters. The van der Waals surface area contributed by atoms with Crippen LogP contribution in [0.25, 0.3) is 0 Å². The largest absolute Gasteiger partial charge is 0.497 e. The number of amides is 1. The Morgan fingerprint density at radius 1 is 1.06 bits per heavy atom. The van der Waals surface area contributed by atoms with E-state index in [1.807, 2.05) is 0 Å². The van der Waals surface area contributed by atoms with Crippen LogP contribution in [0, 0.1) is 10.1 Å². The summed E-state index contributed by atoms with van der Waals surface area (Å²) in [4.78, 5) is 31.2. The zero-order valence-corrected chi connectivity index (χ0v) is 18.0. The molecule has 12 heteroatoms. The Bertz CT molecular complexity index is 1110. The van der Waals surface area contributed by atoms with E-state index in [4.69, 9.17) is 9.47 Å². The third kappa shape index (κ3) is 5.17. The second-order valence-electron chi connectivity index (χ2n) is 5.95. The Morgan fingerprint density at radius 2 is 1.77 bits per heavy atom. The molecule has 3 aromatic rings. The molecule has 2 aromatic carbocycles. The van der Waals surface area contributed by atoms with Gasteiger partial charge in [-0.1, -0.05) is 15.9 Å². The van der Waals surface area contributed by atoms with Gasteiger partial charge in [0.2, 0.25) is 11.6 Å². The highest BCUT2D eigenvalue weighted by Gasteiger charge is 2.24. The van der Waals surface area contributed by atoms with Gasteiger partial charge < -0.3 is 14.8 Å². The van der Waals surface area contributed by atoms with Crippen LogP contribution in [-0.4, -0.2) is 35.0 Å². The monoisotopic (exact) mass is 488 g/mol. The lowest BCUT2D eigenvalue weighted by molar-refractivity contribution is -0.383. The number of hydrogen-bond donors (Lipinski definition) is 3. The van der Waals surface area contributed by atoms with Gasteiger partial charge in [-0.2, -0.15) is 0 Å². The molecule has 0 aliphatic heterocycles. The van der Waals surface area contributed by atoms with Crippen LogP contribution in [0.2, 0.25) is 0 Å². The third-order valence-electron chi connectivity index (χ3n) is 4.07. The number of nitro groups is 1. The number of benzene rings is 2. The smallest absolute Gasteiger partial charge is 0.355 e. The van der Waals surface area contributed by atoms with Gasteiger partial charge in [0.05, 0.1) is 24.8 Å². The number of rotatable bonds is 8. The van der Waals surface area contributed by atoms with E-state index in [0.717, 1.165) is 10.8 Å². The van der Waals surface area contributed by atoms with Crippen molar-refractivity contribution in [3.8, 4) is 11.5 Å². The Labute approximate surface area is 185 Å². The molecule has 0 spiro atoms. The normalized spacial score (nSPS) is 10.2. The topological polar surface area (TPSA) is 141 Å². The van der Waals surface area contributed by atoms with Crippen molar-refractivity contribution in [2.75, 3.05) is 25.0 Å². The summed E-state index contributed by atoms with van der Waals surface area (Å²) in [5.41, 5.74) is 5.16. The second kappa shape index (κ2) is 9.71. The van der Waals surface area contributed by atoms with Gasteiger partial charge >= 0.3 is 5.69 Å². The summed E-state index contributed by atoms with van der Waals surface area (Å²) < 4.78 is 11.3.